The lowest BCUT2D eigenvalue weighted by Crippen LogP contribution is -2.42. The van der Waals surface area contributed by atoms with Gasteiger partial charge < -0.3 is 5.32 Å². The lowest BCUT2D eigenvalue weighted by atomic mass is 9.95. The molecule has 3 aromatic carbocycles. The predicted molar refractivity (Wildman–Crippen MR) is 126 cm³/mol. The number of nitrogens with zero attached hydrogens (tertiary/aromatic N) is 1. The van der Waals surface area contributed by atoms with Crippen molar-refractivity contribution in [1.29, 1.82) is 0 Å². The minimum atomic E-state index is -4.79. The van der Waals surface area contributed by atoms with E-state index in [0.717, 1.165) is 35.1 Å². The van der Waals surface area contributed by atoms with Crippen LogP contribution in [0.2, 0.25) is 5.02 Å². The van der Waals surface area contributed by atoms with Crippen LogP contribution in [0.5, 0.6) is 0 Å². The van der Waals surface area contributed by atoms with E-state index in [2.05, 4.69) is 5.32 Å². The zero-order valence-electron chi connectivity index (χ0n) is 18.3. The third kappa shape index (κ3) is 6.09. The molecule has 3 aromatic rings. The van der Waals surface area contributed by atoms with Crippen LogP contribution >= 0.6 is 11.6 Å². The molecule has 1 amide bonds. The lowest BCUT2D eigenvalue weighted by Gasteiger charge is -2.26. The molecule has 3 rings (SSSR count). The van der Waals surface area contributed by atoms with Gasteiger partial charge in [0.15, 0.2) is 0 Å². The number of rotatable bonds is 7. The molecule has 0 aliphatic heterocycles. The van der Waals surface area contributed by atoms with Gasteiger partial charge in [0.05, 0.1) is 28.6 Å². The summed E-state index contributed by atoms with van der Waals surface area (Å²) in [6.45, 7) is 1.17. The Morgan fingerprint density at radius 1 is 1.03 bits per heavy atom. The van der Waals surface area contributed by atoms with Crippen LogP contribution in [0.4, 0.5) is 18.9 Å². The van der Waals surface area contributed by atoms with Gasteiger partial charge in [-0.3, -0.25) is 9.10 Å². The molecule has 10 heteroatoms. The normalized spacial score (nSPS) is 12.8. The Kier molecular flexibility index (Phi) is 7.57. The number of anilines is 1. The fraction of sp³-hybridized carbons (Fsp3) is 0.208. The quantitative estimate of drug-likeness (QED) is 0.466. The Morgan fingerprint density at radius 3 is 2.24 bits per heavy atom. The van der Waals surface area contributed by atoms with Crippen molar-refractivity contribution in [3.8, 4) is 0 Å². The average Bonchev–Trinajstić information content (AvgIpc) is 2.76. The summed E-state index contributed by atoms with van der Waals surface area (Å²) >= 11 is 5.66. The van der Waals surface area contributed by atoms with Crippen molar-refractivity contribution in [3.05, 3.63) is 100 Å². The topological polar surface area (TPSA) is 66.5 Å². The molecular formula is C24H22ClF3N2O3S. The summed E-state index contributed by atoms with van der Waals surface area (Å²) in [5, 5.41) is 2.25. The molecule has 1 unspecified atom stereocenters. The maximum Gasteiger partial charge on any atom is 0.417 e. The van der Waals surface area contributed by atoms with Gasteiger partial charge >= 0.3 is 6.18 Å². The van der Waals surface area contributed by atoms with E-state index in [4.69, 9.17) is 11.6 Å². The van der Waals surface area contributed by atoms with Crippen molar-refractivity contribution in [2.45, 2.75) is 19.1 Å². The van der Waals surface area contributed by atoms with Crippen LogP contribution in [0, 0.1) is 6.92 Å². The maximum atomic E-state index is 13.3. The predicted octanol–water partition coefficient (Wildman–Crippen LogP) is 5.34. The van der Waals surface area contributed by atoms with E-state index in [1.807, 2.05) is 61.5 Å². The van der Waals surface area contributed by atoms with Crippen molar-refractivity contribution in [3.63, 3.8) is 0 Å². The molecule has 0 heterocycles. The molecule has 0 aromatic heterocycles. The number of carbonyl (C=O) groups is 1. The summed E-state index contributed by atoms with van der Waals surface area (Å²) in [7, 11) is -4.10. The summed E-state index contributed by atoms with van der Waals surface area (Å²) < 4.78 is 65.4. The molecule has 0 fully saturated rings. The molecule has 0 aliphatic rings. The van der Waals surface area contributed by atoms with Gasteiger partial charge in [0, 0.05) is 0 Å². The second-order valence-corrected chi connectivity index (χ2v) is 10.0. The first-order chi connectivity index (χ1) is 15.9. The molecule has 34 heavy (non-hydrogen) atoms. The number of hydrogen-bond acceptors (Lipinski definition) is 3. The monoisotopic (exact) mass is 510 g/mol. The van der Waals surface area contributed by atoms with Crippen molar-refractivity contribution in [1.82, 2.24) is 5.32 Å². The second-order valence-electron chi connectivity index (χ2n) is 7.70. The summed E-state index contributed by atoms with van der Waals surface area (Å²) in [5.41, 5.74) is 0.967. The molecule has 0 radical (unpaired) electrons. The van der Waals surface area contributed by atoms with E-state index < -0.39 is 45.3 Å². The van der Waals surface area contributed by atoms with E-state index in [1.165, 1.54) is 0 Å². The lowest BCUT2D eigenvalue weighted by molar-refractivity contribution is -0.137. The Labute approximate surface area is 201 Å². The highest BCUT2D eigenvalue weighted by Gasteiger charge is 2.35. The van der Waals surface area contributed by atoms with Crippen LogP contribution in [0.1, 0.15) is 28.3 Å². The van der Waals surface area contributed by atoms with Crippen LogP contribution in [-0.4, -0.2) is 27.1 Å². The number of alkyl halides is 3. The number of carbonyl (C=O) groups excluding carboxylic acids is 1. The first-order valence-corrected chi connectivity index (χ1v) is 12.3. The van der Waals surface area contributed by atoms with Gasteiger partial charge in [-0.25, -0.2) is 8.42 Å². The summed E-state index contributed by atoms with van der Waals surface area (Å²) in [4.78, 5) is 13.0. The second kappa shape index (κ2) is 10.1. The Morgan fingerprint density at radius 2 is 1.65 bits per heavy atom. The maximum absolute atomic E-state index is 13.3. The number of sulfonamides is 1. The molecule has 0 bridgehead atoms. The molecule has 180 valence electrons. The van der Waals surface area contributed by atoms with Gasteiger partial charge in [0.25, 0.3) is 0 Å². The number of nitrogens with one attached hydrogen (secondary N) is 1. The Hall–Kier alpha value is -3.04. The van der Waals surface area contributed by atoms with Gasteiger partial charge in [0.2, 0.25) is 15.9 Å². The van der Waals surface area contributed by atoms with Gasteiger partial charge in [-0.15, -0.1) is 0 Å². The van der Waals surface area contributed by atoms with E-state index >= 15 is 0 Å². The molecule has 0 aliphatic carbocycles. The molecule has 0 saturated heterocycles. The minimum absolute atomic E-state index is 0.318. The molecule has 0 saturated carbocycles. The number of halogens is 4. The molecular weight excluding hydrogens is 489 g/mol. The van der Waals surface area contributed by atoms with E-state index in [9.17, 15) is 26.4 Å². The standard InChI is InChI=1S/C24H22ClF3N2O3S/c1-16-8-6-7-11-19(16)23(17-9-4-3-5-10-17)29-22(31)15-30(34(2,32)33)18-12-13-21(25)20(14-18)24(26,27)28/h3-14,23H,15H2,1-2H3,(H,29,31). The van der Waals surface area contributed by atoms with Crippen molar-refractivity contribution in [2.75, 3.05) is 17.1 Å². The van der Waals surface area contributed by atoms with Gasteiger partial charge in [-0.05, 0) is 41.8 Å². The van der Waals surface area contributed by atoms with Crippen LogP contribution in [0.25, 0.3) is 0 Å². The first-order valence-electron chi connectivity index (χ1n) is 10.1. The molecule has 5 nitrogen and oxygen atoms in total. The zero-order valence-corrected chi connectivity index (χ0v) is 19.9. The number of benzene rings is 3. The summed E-state index contributed by atoms with van der Waals surface area (Å²) in [6, 6.07) is 18.6. The number of amides is 1. The smallest absolute Gasteiger partial charge is 0.344 e. The fourth-order valence-electron chi connectivity index (χ4n) is 3.52. The minimum Gasteiger partial charge on any atom is -0.344 e. The largest absolute Gasteiger partial charge is 0.417 e. The van der Waals surface area contributed by atoms with Crippen molar-refractivity contribution >= 4 is 33.2 Å². The Balaban J connectivity index is 1.95. The van der Waals surface area contributed by atoms with Crippen LogP contribution in [0.15, 0.2) is 72.8 Å². The summed E-state index contributed by atoms with van der Waals surface area (Å²) in [6.07, 6.45) is -3.97. The Bertz CT molecular complexity index is 1280. The van der Waals surface area contributed by atoms with Gasteiger partial charge in [-0.2, -0.15) is 13.2 Å². The summed E-state index contributed by atoms with van der Waals surface area (Å²) in [5.74, 6) is -0.689. The fourth-order valence-corrected chi connectivity index (χ4v) is 4.59. The molecule has 1 N–H and O–H groups in total. The van der Waals surface area contributed by atoms with Crippen LogP contribution < -0.4 is 9.62 Å². The highest BCUT2D eigenvalue weighted by Crippen LogP contribution is 2.37. The van der Waals surface area contributed by atoms with Crippen molar-refractivity contribution in [2.24, 2.45) is 0 Å². The SMILES string of the molecule is Cc1ccccc1C(NC(=O)CN(c1ccc(Cl)c(C(F)(F)F)c1)S(C)(=O)=O)c1ccccc1. The van der Waals surface area contributed by atoms with E-state index in [-0.39, 0.29) is 5.69 Å². The highest BCUT2D eigenvalue weighted by molar-refractivity contribution is 7.92. The molecule has 0 spiro atoms. The van der Waals surface area contributed by atoms with Gasteiger partial charge in [-0.1, -0.05) is 66.2 Å². The number of aryl methyl sites for hydroxylation is 1. The third-order valence-electron chi connectivity index (χ3n) is 5.17. The number of hydrogen-bond donors (Lipinski definition) is 1. The third-order valence-corrected chi connectivity index (χ3v) is 6.64. The highest BCUT2D eigenvalue weighted by atomic mass is 35.5. The average molecular weight is 511 g/mol. The van der Waals surface area contributed by atoms with Crippen LogP contribution in [0.3, 0.4) is 0 Å². The van der Waals surface area contributed by atoms with Gasteiger partial charge in [0.1, 0.15) is 6.54 Å². The van der Waals surface area contributed by atoms with Crippen molar-refractivity contribution < 1.29 is 26.4 Å². The zero-order chi connectivity index (χ0) is 25.1. The van der Waals surface area contributed by atoms with E-state index in [1.54, 1.807) is 0 Å². The van der Waals surface area contributed by atoms with E-state index in [0.29, 0.717) is 10.4 Å². The first kappa shape index (κ1) is 25.6. The van der Waals surface area contributed by atoms with Crippen LogP contribution in [-0.2, 0) is 21.0 Å². The molecule has 1 atom stereocenters.